The van der Waals surface area contributed by atoms with Crippen molar-refractivity contribution in [1.82, 2.24) is 4.98 Å². The van der Waals surface area contributed by atoms with Gasteiger partial charge >= 0.3 is 0 Å². The number of pyridine rings is 1. The summed E-state index contributed by atoms with van der Waals surface area (Å²) in [7, 11) is 0. The highest BCUT2D eigenvalue weighted by atomic mass is 79.9. The monoisotopic (exact) mass is 297 g/mol. The van der Waals surface area contributed by atoms with Gasteiger partial charge in [0.15, 0.2) is 0 Å². The van der Waals surface area contributed by atoms with Crippen LogP contribution in [0.3, 0.4) is 0 Å². The first-order chi connectivity index (χ1) is 8.81. The fourth-order valence-corrected chi connectivity index (χ4v) is 2.61. The summed E-state index contributed by atoms with van der Waals surface area (Å²) in [5.41, 5.74) is 1.56. The number of rotatable bonds is 0. The lowest BCUT2D eigenvalue weighted by Crippen LogP contribution is -1.74. The van der Waals surface area contributed by atoms with Crippen molar-refractivity contribution < 1.29 is 4.42 Å². The second-order valence-electron chi connectivity index (χ2n) is 4.28. The summed E-state index contributed by atoms with van der Waals surface area (Å²) in [6.45, 7) is 0. The Hall–Kier alpha value is -1.87. The van der Waals surface area contributed by atoms with Gasteiger partial charge < -0.3 is 4.42 Å². The molecule has 2 nitrogen and oxygen atoms in total. The molecular formula is C15H8BrNO. The summed E-state index contributed by atoms with van der Waals surface area (Å²) in [5, 5.41) is 4.57. The van der Waals surface area contributed by atoms with Crippen molar-refractivity contribution in [3.8, 4) is 0 Å². The molecule has 2 heterocycles. The Morgan fingerprint density at radius 1 is 0.889 bits per heavy atom. The zero-order chi connectivity index (χ0) is 12.1. The van der Waals surface area contributed by atoms with Gasteiger partial charge in [-0.3, -0.25) is 0 Å². The van der Waals surface area contributed by atoms with Crippen molar-refractivity contribution in [3.05, 3.63) is 53.1 Å². The van der Waals surface area contributed by atoms with Gasteiger partial charge in [-0.2, -0.15) is 0 Å². The highest BCUT2D eigenvalue weighted by molar-refractivity contribution is 9.10. The molecule has 0 atom stereocenters. The van der Waals surface area contributed by atoms with Gasteiger partial charge in [-0.05, 0) is 51.0 Å². The van der Waals surface area contributed by atoms with E-state index in [1.165, 1.54) is 10.8 Å². The molecule has 0 N–H and O–H groups in total. The van der Waals surface area contributed by atoms with Crippen molar-refractivity contribution in [3.63, 3.8) is 0 Å². The number of hydrogen-bond donors (Lipinski definition) is 0. The Morgan fingerprint density at radius 2 is 1.67 bits per heavy atom. The van der Waals surface area contributed by atoms with Crippen LogP contribution in [0.4, 0.5) is 0 Å². The SMILES string of the molecule is Brc1ccc2c(n1)oc1cc3ccccc3cc12. The van der Waals surface area contributed by atoms with Gasteiger partial charge in [0.05, 0.1) is 0 Å². The number of hydrogen-bond acceptors (Lipinski definition) is 2. The zero-order valence-electron chi connectivity index (χ0n) is 9.35. The Balaban J connectivity index is 2.23. The van der Waals surface area contributed by atoms with Crippen LogP contribution in [-0.4, -0.2) is 4.98 Å². The summed E-state index contributed by atoms with van der Waals surface area (Å²) in [5.74, 6) is 0. The topological polar surface area (TPSA) is 26.0 Å². The van der Waals surface area contributed by atoms with Crippen LogP contribution in [-0.2, 0) is 0 Å². The molecule has 86 valence electrons. The Labute approximate surface area is 111 Å². The van der Waals surface area contributed by atoms with E-state index >= 15 is 0 Å². The van der Waals surface area contributed by atoms with Gasteiger partial charge in [0.2, 0.25) is 5.71 Å². The zero-order valence-corrected chi connectivity index (χ0v) is 10.9. The smallest absolute Gasteiger partial charge is 0.228 e. The average Bonchev–Trinajstić information content (AvgIpc) is 2.72. The van der Waals surface area contributed by atoms with Crippen LogP contribution in [0.5, 0.6) is 0 Å². The van der Waals surface area contributed by atoms with Gasteiger partial charge in [0.1, 0.15) is 10.2 Å². The number of nitrogens with zero attached hydrogens (tertiary/aromatic N) is 1. The van der Waals surface area contributed by atoms with Crippen molar-refractivity contribution in [2.45, 2.75) is 0 Å². The molecule has 0 saturated carbocycles. The fourth-order valence-electron chi connectivity index (χ4n) is 2.32. The molecule has 4 aromatic rings. The third-order valence-corrected chi connectivity index (χ3v) is 3.61. The van der Waals surface area contributed by atoms with E-state index in [4.69, 9.17) is 4.42 Å². The van der Waals surface area contributed by atoms with Crippen LogP contribution >= 0.6 is 15.9 Å². The molecule has 0 bridgehead atoms. The fraction of sp³-hybridized carbons (Fsp3) is 0. The first-order valence-electron chi connectivity index (χ1n) is 5.69. The number of benzene rings is 2. The van der Waals surface area contributed by atoms with E-state index in [1.807, 2.05) is 24.3 Å². The molecular weight excluding hydrogens is 290 g/mol. The van der Waals surface area contributed by atoms with Gasteiger partial charge in [-0.15, -0.1) is 0 Å². The summed E-state index contributed by atoms with van der Waals surface area (Å²) in [6.07, 6.45) is 0. The van der Waals surface area contributed by atoms with Crippen LogP contribution in [0.2, 0.25) is 0 Å². The quantitative estimate of drug-likeness (QED) is 0.432. The van der Waals surface area contributed by atoms with Crippen molar-refractivity contribution >= 4 is 48.8 Å². The lowest BCUT2D eigenvalue weighted by atomic mass is 10.1. The molecule has 4 rings (SSSR count). The maximum atomic E-state index is 5.80. The largest absolute Gasteiger partial charge is 0.438 e. The summed E-state index contributed by atoms with van der Waals surface area (Å²) < 4.78 is 6.59. The predicted octanol–water partition coefficient (Wildman–Crippen LogP) is 4.90. The number of aromatic nitrogens is 1. The molecule has 0 fully saturated rings. The molecule has 0 unspecified atom stereocenters. The van der Waals surface area contributed by atoms with Crippen LogP contribution in [0.1, 0.15) is 0 Å². The maximum Gasteiger partial charge on any atom is 0.228 e. The minimum atomic E-state index is 0.676. The van der Waals surface area contributed by atoms with Gasteiger partial charge in [-0.1, -0.05) is 24.3 Å². The van der Waals surface area contributed by atoms with Crippen LogP contribution < -0.4 is 0 Å². The van der Waals surface area contributed by atoms with E-state index in [1.54, 1.807) is 0 Å². The summed E-state index contributed by atoms with van der Waals surface area (Å²) >= 11 is 3.36. The van der Waals surface area contributed by atoms with Gasteiger partial charge in [0, 0.05) is 10.8 Å². The highest BCUT2D eigenvalue weighted by Crippen LogP contribution is 2.31. The normalized spacial score (nSPS) is 11.6. The molecule has 2 aromatic heterocycles. The minimum Gasteiger partial charge on any atom is -0.438 e. The lowest BCUT2D eigenvalue weighted by Gasteiger charge is -1.96. The minimum absolute atomic E-state index is 0.676. The van der Waals surface area contributed by atoms with Crippen LogP contribution in [0.25, 0.3) is 32.8 Å². The average molecular weight is 298 g/mol. The Kier molecular flexibility index (Phi) is 2.00. The lowest BCUT2D eigenvalue weighted by molar-refractivity contribution is 0.653. The molecule has 0 amide bonds. The first-order valence-corrected chi connectivity index (χ1v) is 6.48. The second kappa shape index (κ2) is 3.56. The molecule has 0 aliphatic heterocycles. The maximum absolute atomic E-state index is 5.80. The number of fused-ring (bicyclic) bond motifs is 4. The van der Waals surface area contributed by atoms with Crippen LogP contribution in [0, 0.1) is 0 Å². The standard InChI is InChI=1S/C15H8BrNO/c16-14-6-5-11-12-7-9-3-1-2-4-10(9)8-13(12)18-15(11)17-14/h1-8H. The molecule has 0 spiro atoms. The van der Waals surface area contributed by atoms with Crippen molar-refractivity contribution in [1.29, 1.82) is 0 Å². The van der Waals surface area contributed by atoms with E-state index in [9.17, 15) is 0 Å². The van der Waals surface area contributed by atoms with Gasteiger partial charge in [0.25, 0.3) is 0 Å². The van der Waals surface area contributed by atoms with E-state index in [2.05, 4.69) is 45.2 Å². The second-order valence-corrected chi connectivity index (χ2v) is 5.10. The Morgan fingerprint density at radius 3 is 2.50 bits per heavy atom. The molecule has 2 aromatic carbocycles. The van der Waals surface area contributed by atoms with Gasteiger partial charge in [-0.25, -0.2) is 4.98 Å². The van der Waals surface area contributed by atoms with Crippen molar-refractivity contribution in [2.24, 2.45) is 0 Å². The summed E-state index contributed by atoms with van der Waals surface area (Å²) in [4.78, 5) is 4.35. The van der Waals surface area contributed by atoms with E-state index < -0.39 is 0 Å². The van der Waals surface area contributed by atoms with E-state index in [-0.39, 0.29) is 0 Å². The third kappa shape index (κ3) is 1.37. The first kappa shape index (κ1) is 10.1. The number of furan rings is 1. The highest BCUT2D eigenvalue weighted by Gasteiger charge is 2.09. The predicted molar refractivity (Wildman–Crippen MR) is 76.7 cm³/mol. The molecule has 0 aliphatic rings. The molecule has 0 radical (unpaired) electrons. The van der Waals surface area contributed by atoms with E-state index in [0.29, 0.717) is 5.71 Å². The molecule has 0 aliphatic carbocycles. The van der Waals surface area contributed by atoms with Crippen LogP contribution in [0.15, 0.2) is 57.6 Å². The Bertz CT molecular complexity index is 895. The molecule has 18 heavy (non-hydrogen) atoms. The molecule has 0 saturated heterocycles. The number of halogens is 1. The third-order valence-electron chi connectivity index (χ3n) is 3.17. The summed E-state index contributed by atoms with van der Waals surface area (Å²) in [6, 6.07) is 16.5. The van der Waals surface area contributed by atoms with Crippen molar-refractivity contribution in [2.75, 3.05) is 0 Å². The van der Waals surface area contributed by atoms with E-state index in [0.717, 1.165) is 21.0 Å². The molecule has 3 heteroatoms.